The number of benzene rings is 1. The largest absolute Gasteiger partial charge is 0.475 e. The molecule has 1 aromatic carbocycles. The minimum Gasteiger partial charge on any atom is -0.475 e. The average Bonchev–Trinajstić information content (AvgIpc) is 3.20. The van der Waals surface area contributed by atoms with Crippen molar-refractivity contribution in [3.63, 3.8) is 0 Å². The second-order valence-corrected chi connectivity index (χ2v) is 10.3. The summed E-state index contributed by atoms with van der Waals surface area (Å²) in [5, 5.41) is 3.44. The van der Waals surface area contributed by atoms with E-state index < -0.39 is 0 Å². The topological polar surface area (TPSA) is 89.6 Å². The maximum atomic E-state index is 12.2. The van der Waals surface area contributed by atoms with Crippen LogP contribution in [0.1, 0.15) is 32.8 Å². The van der Waals surface area contributed by atoms with Gasteiger partial charge in [0.15, 0.2) is 11.0 Å². The minimum atomic E-state index is -0.106. The SMILES string of the molecule is CC(C)(C)CC1CN=C(CSc2cnc(NC(=O)Cc3cccc(N)c3)s2)O1. The molecule has 0 bridgehead atoms. The summed E-state index contributed by atoms with van der Waals surface area (Å²) in [7, 11) is 0. The van der Waals surface area contributed by atoms with Gasteiger partial charge in [0, 0.05) is 5.69 Å². The first-order chi connectivity index (χ1) is 13.3. The summed E-state index contributed by atoms with van der Waals surface area (Å²) >= 11 is 3.08. The first-order valence-corrected chi connectivity index (χ1v) is 11.0. The van der Waals surface area contributed by atoms with E-state index in [1.165, 1.54) is 11.3 Å². The highest BCUT2D eigenvalue weighted by Crippen LogP contribution is 2.30. The summed E-state index contributed by atoms with van der Waals surface area (Å²) in [6.07, 6.45) is 3.22. The van der Waals surface area contributed by atoms with Gasteiger partial charge in [-0.05, 0) is 29.5 Å². The zero-order valence-electron chi connectivity index (χ0n) is 16.4. The Morgan fingerprint density at radius 1 is 1.43 bits per heavy atom. The summed E-state index contributed by atoms with van der Waals surface area (Å²) in [4.78, 5) is 21.0. The van der Waals surface area contributed by atoms with Crippen LogP contribution in [0.2, 0.25) is 0 Å². The van der Waals surface area contributed by atoms with Crippen molar-refractivity contribution in [2.24, 2.45) is 10.4 Å². The second-order valence-electron chi connectivity index (χ2n) is 7.98. The third-order valence-corrected chi connectivity index (χ3v) is 6.09. The first kappa shape index (κ1) is 20.7. The molecule has 1 aliphatic heterocycles. The lowest BCUT2D eigenvalue weighted by Crippen LogP contribution is -2.21. The fourth-order valence-electron chi connectivity index (χ4n) is 2.91. The number of anilines is 2. The molecule has 0 aliphatic carbocycles. The maximum absolute atomic E-state index is 12.2. The van der Waals surface area contributed by atoms with E-state index in [9.17, 15) is 4.79 Å². The number of ether oxygens (including phenoxy) is 1. The van der Waals surface area contributed by atoms with Crippen LogP contribution in [-0.2, 0) is 16.0 Å². The summed E-state index contributed by atoms with van der Waals surface area (Å²) < 4.78 is 6.96. The van der Waals surface area contributed by atoms with E-state index in [0.717, 1.165) is 28.6 Å². The zero-order valence-corrected chi connectivity index (χ0v) is 18.0. The standard InChI is InChI=1S/C20H26N4O2S2/c1-20(2,3)9-15-10-22-17(26-15)12-27-18-11-23-19(28-18)24-16(25)8-13-5-4-6-14(21)7-13/h4-7,11,15H,8-10,12,21H2,1-3H3,(H,23,24,25). The Hall–Kier alpha value is -2.06. The second kappa shape index (κ2) is 8.96. The number of amides is 1. The molecule has 1 atom stereocenters. The summed E-state index contributed by atoms with van der Waals surface area (Å²) in [6.45, 7) is 7.37. The summed E-state index contributed by atoms with van der Waals surface area (Å²) in [5.74, 6) is 1.37. The molecule has 3 rings (SSSR count). The molecule has 150 valence electrons. The number of rotatable bonds is 7. The van der Waals surface area contributed by atoms with Crippen molar-refractivity contribution in [1.82, 2.24) is 4.98 Å². The molecule has 1 amide bonds. The molecule has 28 heavy (non-hydrogen) atoms. The molecule has 3 N–H and O–H groups in total. The number of nitrogens with zero attached hydrogens (tertiary/aromatic N) is 2. The Labute approximate surface area is 174 Å². The van der Waals surface area contributed by atoms with Crippen molar-refractivity contribution in [2.75, 3.05) is 23.3 Å². The van der Waals surface area contributed by atoms with Gasteiger partial charge in [-0.15, -0.1) is 11.8 Å². The van der Waals surface area contributed by atoms with E-state index in [1.807, 2.05) is 12.1 Å². The fourth-order valence-corrected chi connectivity index (χ4v) is 4.68. The fraction of sp³-hybridized carbons (Fsp3) is 0.450. The number of thioether (sulfide) groups is 1. The number of carbonyl (C=O) groups is 1. The lowest BCUT2D eigenvalue weighted by atomic mass is 9.89. The molecule has 1 aliphatic rings. The van der Waals surface area contributed by atoms with E-state index >= 15 is 0 Å². The number of nitrogen functional groups attached to an aromatic ring is 1. The van der Waals surface area contributed by atoms with Crippen LogP contribution in [-0.4, -0.2) is 35.2 Å². The predicted octanol–water partition coefficient (Wildman–Crippen LogP) is 4.23. The maximum Gasteiger partial charge on any atom is 0.230 e. The highest BCUT2D eigenvalue weighted by molar-refractivity contribution is 8.01. The zero-order chi connectivity index (χ0) is 20.1. The number of hydrogen-bond donors (Lipinski definition) is 2. The van der Waals surface area contributed by atoms with Gasteiger partial charge in [-0.25, -0.2) is 4.98 Å². The van der Waals surface area contributed by atoms with Gasteiger partial charge in [-0.1, -0.05) is 44.2 Å². The van der Waals surface area contributed by atoms with Crippen molar-refractivity contribution in [3.8, 4) is 0 Å². The van der Waals surface area contributed by atoms with Crippen LogP contribution in [0.5, 0.6) is 0 Å². The Bertz CT molecular complexity index is 858. The number of nitrogens with two attached hydrogens (primary N) is 1. The monoisotopic (exact) mass is 418 g/mol. The van der Waals surface area contributed by atoms with Gasteiger partial charge in [0.25, 0.3) is 0 Å². The molecule has 8 heteroatoms. The molecule has 6 nitrogen and oxygen atoms in total. The van der Waals surface area contributed by atoms with Crippen LogP contribution < -0.4 is 11.1 Å². The van der Waals surface area contributed by atoms with E-state index in [2.05, 4.69) is 36.1 Å². The van der Waals surface area contributed by atoms with Crippen molar-refractivity contribution in [2.45, 2.75) is 43.9 Å². The van der Waals surface area contributed by atoms with Gasteiger partial charge < -0.3 is 15.8 Å². The van der Waals surface area contributed by atoms with E-state index in [4.69, 9.17) is 10.5 Å². The van der Waals surface area contributed by atoms with Gasteiger partial charge in [-0.3, -0.25) is 9.79 Å². The van der Waals surface area contributed by atoms with Crippen molar-refractivity contribution < 1.29 is 9.53 Å². The molecule has 0 saturated carbocycles. The lowest BCUT2D eigenvalue weighted by molar-refractivity contribution is -0.115. The van der Waals surface area contributed by atoms with Gasteiger partial charge in [-0.2, -0.15) is 0 Å². The van der Waals surface area contributed by atoms with Crippen LogP contribution in [0.3, 0.4) is 0 Å². The number of aliphatic imine (C=N–C) groups is 1. The van der Waals surface area contributed by atoms with Crippen molar-refractivity contribution >= 4 is 45.7 Å². The van der Waals surface area contributed by atoms with Crippen molar-refractivity contribution in [1.29, 1.82) is 0 Å². The Balaban J connectivity index is 1.44. The predicted molar refractivity (Wildman–Crippen MR) is 117 cm³/mol. The van der Waals surface area contributed by atoms with E-state index in [-0.39, 0.29) is 23.8 Å². The Morgan fingerprint density at radius 3 is 3.00 bits per heavy atom. The third-order valence-electron chi connectivity index (χ3n) is 4.00. The molecule has 0 spiro atoms. The highest BCUT2D eigenvalue weighted by atomic mass is 32.2. The van der Waals surface area contributed by atoms with Crippen LogP contribution in [0.4, 0.5) is 10.8 Å². The molecule has 1 unspecified atom stereocenters. The number of thiazole rings is 1. The summed E-state index contributed by atoms with van der Waals surface area (Å²) in [6, 6.07) is 7.33. The molecule has 0 saturated heterocycles. The highest BCUT2D eigenvalue weighted by Gasteiger charge is 2.25. The smallest absolute Gasteiger partial charge is 0.230 e. The normalized spacial score (nSPS) is 16.5. The first-order valence-electron chi connectivity index (χ1n) is 9.20. The molecule has 0 radical (unpaired) electrons. The van der Waals surface area contributed by atoms with E-state index in [1.54, 1.807) is 30.1 Å². The Kier molecular flexibility index (Phi) is 6.61. The number of hydrogen-bond acceptors (Lipinski definition) is 7. The molecule has 2 aromatic rings. The molecule has 0 fully saturated rings. The summed E-state index contributed by atoms with van der Waals surface area (Å²) in [5.41, 5.74) is 7.52. The van der Waals surface area contributed by atoms with Crippen LogP contribution in [0.25, 0.3) is 0 Å². The number of aromatic nitrogens is 1. The Morgan fingerprint density at radius 2 is 2.25 bits per heavy atom. The number of carbonyl (C=O) groups excluding carboxylic acids is 1. The van der Waals surface area contributed by atoms with Crippen molar-refractivity contribution in [3.05, 3.63) is 36.0 Å². The van der Waals surface area contributed by atoms with Gasteiger partial charge in [0.1, 0.15) is 6.10 Å². The average molecular weight is 419 g/mol. The minimum absolute atomic E-state index is 0.106. The molecule has 1 aromatic heterocycles. The van der Waals surface area contributed by atoms with Crippen LogP contribution in [0.15, 0.2) is 39.7 Å². The third kappa shape index (κ3) is 6.53. The van der Waals surface area contributed by atoms with E-state index in [0.29, 0.717) is 16.6 Å². The lowest BCUT2D eigenvalue weighted by Gasteiger charge is -2.22. The van der Waals surface area contributed by atoms with Gasteiger partial charge >= 0.3 is 0 Å². The molecule has 2 heterocycles. The number of nitrogens with one attached hydrogen (secondary N) is 1. The van der Waals surface area contributed by atoms with Crippen LogP contribution in [0, 0.1) is 5.41 Å². The van der Waals surface area contributed by atoms with Gasteiger partial charge in [0.05, 0.1) is 29.1 Å². The molecular formula is C20H26N4O2S2. The quantitative estimate of drug-likeness (QED) is 0.519. The van der Waals surface area contributed by atoms with Crippen LogP contribution >= 0.6 is 23.1 Å². The molecular weight excluding hydrogens is 392 g/mol. The van der Waals surface area contributed by atoms with Gasteiger partial charge in [0.2, 0.25) is 5.91 Å².